The summed E-state index contributed by atoms with van der Waals surface area (Å²) in [5.41, 5.74) is -0.264. The molecule has 0 saturated heterocycles. The second-order valence-corrected chi connectivity index (χ2v) is 19.3. The van der Waals surface area contributed by atoms with Crippen molar-refractivity contribution in [2.45, 2.75) is 44.6 Å². The van der Waals surface area contributed by atoms with Crippen molar-refractivity contribution >= 4 is 31.4 Å². The Bertz CT molecular complexity index is 1450. The molecule has 2 aliphatic carbocycles. The van der Waals surface area contributed by atoms with Crippen molar-refractivity contribution in [3.05, 3.63) is 87.9 Å². The third kappa shape index (κ3) is 6.38. The van der Waals surface area contributed by atoms with Crippen molar-refractivity contribution in [3.8, 4) is 23.0 Å². The van der Waals surface area contributed by atoms with Crippen LogP contribution in [0, 0.1) is 0 Å². The first kappa shape index (κ1) is 30.1. The first-order valence-corrected chi connectivity index (χ1v) is 19.4. The van der Waals surface area contributed by atoms with Crippen LogP contribution in [0.2, 0.25) is 19.6 Å². The molecule has 214 valence electrons. The van der Waals surface area contributed by atoms with Gasteiger partial charge in [-0.2, -0.15) is 8.42 Å². The average molecular weight is 601 g/mol. The van der Waals surface area contributed by atoms with Crippen LogP contribution in [0.4, 0.5) is 0 Å². The maximum absolute atomic E-state index is 13.2. The molecule has 0 aromatic heterocycles. The Morgan fingerprint density at radius 3 is 2.15 bits per heavy atom. The predicted molar refractivity (Wildman–Crippen MR) is 165 cm³/mol. The summed E-state index contributed by atoms with van der Waals surface area (Å²) in [6, 6.07) is 13.1. The first-order valence-electron chi connectivity index (χ1n) is 13.1. The van der Waals surface area contributed by atoms with E-state index in [1.54, 1.807) is 33.5 Å². The SMILES string of the molecule is COc1cc(OC)c(P(C2=CCCC([Si](C)(C)C)=C2S(=O)(=O)O)C2CC=CC=C2Oc2ccccc2)c(OC)c1. The highest BCUT2D eigenvalue weighted by Crippen LogP contribution is 2.61. The highest BCUT2D eigenvalue weighted by Gasteiger charge is 2.42. The lowest BCUT2D eigenvalue weighted by Gasteiger charge is -2.37. The minimum atomic E-state index is -4.55. The van der Waals surface area contributed by atoms with E-state index in [0.29, 0.717) is 53.3 Å². The van der Waals surface area contributed by atoms with Crippen LogP contribution in [0.25, 0.3) is 0 Å². The molecule has 2 aromatic carbocycles. The van der Waals surface area contributed by atoms with E-state index in [1.165, 1.54) is 0 Å². The molecule has 0 spiro atoms. The summed E-state index contributed by atoms with van der Waals surface area (Å²) in [5.74, 6) is 2.98. The molecule has 0 heterocycles. The minimum absolute atomic E-state index is 0.0533. The molecule has 40 heavy (non-hydrogen) atoms. The number of allylic oxidation sites excluding steroid dienone is 7. The normalized spacial score (nSPS) is 18.5. The smallest absolute Gasteiger partial charge is 0.294 e. The van der Waals surface area contributed by atoms with Crippen LogP contribution >= 0.6 is 7.92 Å². The Morgan fingerprint density at radius 2 is 1.60 bits per heavy atom. The van der Waals surface area contributed by atoms with Crippen molar-refractivity contribution in [1.82, 2.24) is 0 Å². The summed E-state index contributed by atoms with van der Waals surface area (Å²) >= 11 is 0. The van der Waals surface area contributed by atoms with E-state index in [0.717, 1.165) is 10.5 Å². The number of benzene rings is 2. The largest absolute Gasteiger partial charge is 0.496 e. The number of hydrogen-bond acceptors (Lipinski definition) is 6. The third-order valence-electron chi connectivity index (χ3n) is 6.97. The molecule has 0 fully saturated rings. The molecule has 0 bridgehead atoms. The van der Waals surface area contributed by atoms with Gasteiger partial charge in [0.15, 0.2) is 0 Å². The van der Waals surface area contributed by atoms with Gasteiger partial charge >= 0.3 is 0 Å². The van der Waals surface area contributed by atoms with E-state index in [1.807, 2.05) is 48.6 Å². The lowest BCUT2D eigenvalue weighted by molar-refractivity contribution is 0.379. The molecule has 0 radical (unpaired) electrons. The average Bonchev–Trinajstić information content (AvgIpc) is 2.93. The van der Waals surface area contributed by atoms with Gasteiger partial charge in [0.1, 0.15) is 28.8 Å². The Morgan fingerprint density at radius 1 is 0.950 bits per heavy atom. The van der Waals surface area contributed by atoms with Gasteiger partial charge in [-0.25, -0.2) is 0 Å². The standard InChI is InChI=1S/C30H37O7PSSi/c1-34-22-19-24(35-2)29(25(20-22)36-3)38(26-16-11-10-15-23(26)37-21-13-8-7-9-14-21)27-17-12-18-28(40(4,5)6)30(27)39(31,32)33/h7-11,13-15,17,19-20,26H,12,16,18H2,1-6H3,(H,31,32,33). The molecule has 1 N–H and O–H groups in total. The van der Waals surface area contributed by atoms with Gasteiger partial charge in [0, 0.05) is 17.8 Å². The molecular weight excluding hydrogens is 563 g/mol. The number of para-hydroxylation sites is 1. The third-order valence-corrected chi connectivity index (χ3v) is 13.5. The zero-order valence-corrected chi connectivity index (χ0v) is 26.5. The van der Waals surface area contributed by atoms with Gasteiger partial charge in [-0.3, -0.25) is 4.55 Å². The number of methoxy groups -OCH3 is 3. The van der Waals surface area contributed by atoms with Crippen LogP contribution in [0.15, 0.2) is 87.9 Å². The fraction of sp³-hybridized carbons (Fsp3) is 0.333. The Kier molecular flexibility index (Phi) is 9.30. The Labute approximate surface area is 239 Å². The van der Waals surface area contributed by atoms with Gasteiger partial charge in [0.25, 0.3) is 10.1 Å². The molecule has 0 aliphatic heterocycles. The maximum atomic E-state index is 13.2. The molecule has 2 atom stereocenters. The van der Waals surface area contributed by atoms with Gasteiger partial charge in [-0.1, -0.05) is 61.3 Å². The van der Waals surface area contributed by atoms with Gasteiger partial charge in [0.05, 0.1) is 39.6 Å². The number of ether oxygens (including phenoxy) is 4. The summed E-state index contributed by atoms with van der Waals surface area (Å²) in [6.07, 6.45) is 9.78. The summed E-state index contributed by atoms with van der Waals surface area (Å²) < 4.78 is 60.9. The van der Waals surface area contributed by atoms with Crippen LogP contribution in [0.3, 0.4) is 0 Å². The second-order valence-electron chi connectivity index (χ2n) is 10.6. The summed E-state index contributed by atoms with van der Waals surface area (Å²) in [4.78, 5) is 0.0533. The first-order chi connectivity index (χ1) is 19.0. The zero-order valence-electron chi connectivity index (χ0n) is 23.8. The van der Waals surface area contributed by atoms with Crippen LogP contribution in [0.5, 0.6) is 23.0 Å². The van der Waals surface area contributed by atoms with Crippen LogP contribution in [-0.4, -0.2) is 48.0 Å². The van der Waals surface area contributed by atoms with E-state index in [9.17, 15) is 13.0 Å². The summed E-state index contributed by atoms with van der Waals surface area (Å²) in [5, 5.41) is 2.17. The maximum Gasteiger partial charge on any atom is 0.294 e. The molecular formula is C30H37O7PSSi. The lowest BCUT2D eigenvalue weighted by Crippen LogP contribution is -2.31. The minimum Gasteiger partial charge on any atom is -0.496 e. The van der Waals surface area contributed by atoms with E-state index < -0.39 is 26.1 Å². The van der Waals surface area contributed by atoms with Crippen molar-refractivity contribution in [2.75, 3.05) is 21.3 Å². The molecule has 2 aliphatic rings. The number of rotatable bonds is 10. The summed E-state index contributed by atoms with van der Waals surface area (Å²) in [6.45, 7) is 6.33. The van der Waals surface area contributed by atoms with Crippen molar-refractivity contribution in [1.29, 1.82) is 0 Å². The van der Waals surface area contributed by atoms with Gasteiger partial charge in [-0.05, 0) is 50.7 Å². The Hall–Kier alpha value is -2.84. The topological polar surface area (TPSA) is 91.3 Å². The van der Waals surface area contributed by atoms with Crippen LogP contribution < -0.4 is 24.3 Å². The van der Waals surface area contributed by atoms with Gasteiger partial charge in [-0.15, -0.1) is 0 Å². The molecule has 4 rings (SSSR count). The quantitative estimate of drug-likeness (QED) is 0.182. The van der Waals surface area contributed by atoms with Gasteiger partial charge < -0.3 is 18.9 Å². The fourth-order valence-electron chi connectivity index (χ4n) is 5.15. The van der Waals surface area contributed by atoms with E-state index in [2.05, 4.69) is 25.7 Å². The molecule has 0 saturated carbocycles. The van der Waals surface area contributed by atoms with Crippen LogP contribution in [0.1, 0.15) is 19.3 Å². The van der Waals surface area contributed by atoms with E-state index >= 15 is 0 Å². The van der Waals surface area contributed by atoms with Crippen LogP contribution in [-0.2, 0) is 10.1 Å². The van der Waals surface area contributed by atoms with Crippen molar-refractivity contribution < 1.29 is 31.9 Å². The van der Waals surface area contributed by atoms with Crippen molar-refractivity contribution in [2.24, 2.45) is 0 Å². The second kappa shape index (κ2) is 12.3. The van der Waals surface area contributed by atoms with Crippen molar-refractivity contribution in [3.63, 3.8) is 0 Å². The van der Waals surface area contributed by atoms with E-state index in [4.69, 9.17) is 18.9 Å². The monoisotopic (exact) mass is 600 g/mol. The molecule has 10 heteroatoms. The highest BCUT2D eigenvalue weighted by atomic mass is 32.2. The lowest BCUT2D eigenvalue weighted by atomic mass is 10.1. The molecule has 2 unspecified atom stereocenters. The predicted octanol–water partition coefficient (Wildman–Crippen LogP) is 6.81. The Balaban J connectivity index is 2.03. The van der Waals surface area contributed by atoms with E-state index in [-0.39, 0.29) is 10.6 Å². The molecule has 2 aromatic rings. The molecule has 0 amide bonds. The zero-order chi connectivity index (χ0) is 29.1. The molecule has 7 nitrogen and oxygen atoms in total. The number of hydrogen-bond donors (Lipinski definition) is 1. The van der Waals surface area contributed by atoms with Gasteiger partial charge in [0.2, 0.25) is 0 Å². The fourth-order valence-corrected chi connectivity index (χ4v) is 12.8. The summed E-state index contributed by atoms with van der Waals surface area (Å²) in [7, 11) is -3.51. The highest BCUT2D eigenvalue weighted by molar-refractivity contribution is 7.91.